The molecule has 0 saturated carbocycles. The summed E-state index contributed by atoms with van der Waals surface area (Å²) in [7, 11) is 0. The van der Waals surface area contributed by atoms with Crippen molar-refractivity contribution in [2.24, 2.45) is 0 Å². The third-order valence-electron chi connectivity index (χ3n) is 3.23. The average molecular weight is 326 g/mol. The average Bonchev–Trinajstić information content (AvgIpc) is 2.75. The van der Waals surface area contributed by atoms with E-state index in [9.17, 15) is 9.18 Å². The normalized spacial score (nSPS) is 11.2. The number of aromatic nitrogens is 2. The number of rotatable bonds is 2. The molecule has 0 aliphatic heterocycles. The van der Waals surface area contributed by atoms with Gasteiger partial charge in [-0.3, -0.25) is 9.20 Å². The van der Waals surface area contributed by atoms with Gasteiger partial charge in [0.1, 0.15) is 16.5 Å². The Kier molecular flexibility index (Phi) is 3.39. The van der Waals surface area contributed by atoms with E-state index in [1.165, 1.54) is 12.1 Å². The summed E-state index contributed by atoms with van der Waals surface area (Å²) >= 11 is 12.1. The Morgan fingerprint density at radius 2 is 2.05 bits per heavy atom. The van der Waals surface area contributed by atoms with Crippen molar-refractivity contribution >= 4 is 34.4 Å². The van der Waals surface area contributed by atoms with E-state index in [4.69, 9.17) is 28.9 Å². The summed E-state index contributed by atoms with van der Waals surface area (Å²) in [6.07, 6.45) is 1.97. The number of benzene rings is 1. The number of hydrogen-bond acceptors (Lipinski definition) is 2. The summed E-state index contributed by atoms with van der Waals surface area (Å²) in [6.45, 7) is 0. The van der Waals surface area contributed by atoms with Crippen LogP contribution >= 0.6 is 23.2 Å². The number of fused-ring (bicyclic) bond motifs is 1. The highest BCUT2D eigenvalue weighted by Gasteiger charge is 2.13. The first kappa shape index (κ1) is 14.0. The molecule has 0 spiro atoms. The summed E-state index contributed by atoms with van der Waals surface area (Å²) in [5, 5.41) is 0.566. The number of nitrogen functional groups attached to an aromatic ring is 1. The number of anilines is 1. The van der Waals surface area contributed by atoms with Crippen molar-refractivity contribution in [2.45, 2.75) is 6.42 Å². The highest BCUT2D eigenvalue weighted by atomic mass is 35.5. The minimum absolute atomic E-state index is 0.0739. The van der Waals surface area contributed by atoms with Crippen LogP contribution in [-0.2, 0) is 6.42 Å². The van der Waals surface area contributed by atoms with E-state index in [0.717, 1.165) is 5.56 Å². The largest absolute Gasteiger partial charge is 0.396 e. The fourth-order valence-corrected chi connectivity index (χ4v) is 2.68. The summed E-state index contributed by atoms with van der Waals surface area (Å²) in [4.78, 5) is 14.4. The lowest BCUT2D eigenvalue weighted by atomic mass is 10.1. The minimum atomic E-state index is -0.465. The van der Waals surface area contributed by atoms with Crippen LogP contribution in [0.5, 0.6) is 0 Å². The smallest absolute Gasteiger partial charge is 0.272 e. The molecule has 3 N–H and O–H groups in total. The maximum atomic E-state index is 13.2. The van der Waals surface area contributed by atoms with Crippen molar-refractivity contribution < 1.29 is 4.39 Å². The second-order valence-electron chi connectivity index (χ2n) is 4.65. The Balaban J connectivity index is 2.14. The molecule has 7 heteroatoms. The zero-order valence-electron chi connectivity index (χ0n) is 10.7. The lowest BCUT2D eigenvalue weighted by Gasteiger charge is -2.08. The van der Waals surface area contributed by atoms with Crippen molar-refractivity contribution in [3.05, 3.63) is 68.1 Å². The molecule has 0 saturated heterocycles. The van der Waals surface area contributed by atoms with Crippen LogP contribution in [0.4, 0.5) is 10.1 Å². The van der Waals surface area contributed by atoms with Gasteiger partial charge in [-0.25, -0.2) is 4.39 Å². The van der Waals surface area contributed by atoms with Crippen molar-refractivity contribution in [3.63, 3.8) is 0 Å². The van der Waals surface area contributed by atoms with E-state index < -0.39 is 5.82 Å². The number of aromatic amines is 1. The predicted molar refractivity (Wildman–Crippen MR) is 81.7 cm³/mol. The Bertz CT molecular complexity index is 901. The molecule has 0 amide bonds. The molecule has 108 valence electrons. The van der Waals surface area contributed by atoms with E-state index in [2.05, 4.69) is 4.98 Å². The van der Waals surface area contributed by atoms with E-state index >= 15 is 0 Å². The zero-order valence-corrected chi connectivity index (χ0v) is 12.2. The number of hydrogen-bond donors (Lipinski definition) is 2. The quantitative estimate of drug-likeness (QED) is 0.710. The molecule has 0 unspecified atom stereocenters. The Labute approximate surface area is 128 Å². The fourth-order valence-electron chi connectivity index (χ4n) is 2.23. The SMILES string of the molecule is Nc1cc(Cc2c[nH]c(=O)c3cc(Cl)c(Cl)n23)ccc1F. The van der Waals surface area contributed by atoms with Crippen LogP contribution in [0.15, 0.2) is 35.3 Å². The van der Waals surface area contributed by atoms with Crippen LogP contribution in [0.2, 0.25) is 10.2 Å². The monoisotopic (exact) mass is 325 g/mol. The molecule has 0 bridgehead atoms. The van der Waals surface area contributed by atoms with Gasteiger partial charge in [0.25, 0.3) is 5.56 Å². The summed E-state index contributed by atoms with van der Waals surface area (Å²) < 4.78 is 14.8. The number of nitrogens with two attached hydrogens (primary N) is 1. The first-order valence-corrected chi connectivity index (χ1v) is 6.84. The molecule has 0 aliphatic rings. The third kappa shape index (κ3) is 2.39. The highest BCUT2D eigenvalue weighted by molar-refractivity contribution is 6.42. The van der Waals surface area contributed by atoms with Crippen LogP contribution < -0.4 is 11.3 Å². The molecule has 2 heterocycles. The lowest BCUT2D eigenvalue weighted by molar-refractivity contribution is 0.632. The third-order valence-corrected chi connectivity index (χ3v) is 3.99. The number of nitrogens with zero attached hydrogens (tertiary/aromatic N) is 1. The molecule has 3 rings (SSSR count). The first-order chi connectivity index (χ1) is 9.97. The van der Waals surface area contributed by atoms with Crippen molar-refractivity contribution in [1.82, 2.24) is 9.38 Å². The molecular weight excluding hydrogens is 316 g/mol. The lowest BCUT2D eigenvalue weighted by Crippen LogP contribution is -2.12. The molecule has 0 fully saturated rings. The molecule has 1 aromatic carbocycles. The van der Waals surface area contributed by atoms with Crippen LogP contribution in [0.3, 0.4) is 0 Å². The molecule has 3 aromatic rings. The maximum absolute atomic E-state index is 13.2. The second kappa shape index (κ2) is 5.09. The predicted octanol–water partition coefficient (Wildman–Crippen LogP) is 3.25. The first-order valence-electron chi connectivity index (χ1n) is 6.08. The second-order valence-corrected chi connectivity index (χ2v) is 5.41. The molecular formula is C14H10Cl2FN3O. The van der Waals surface area contributed by atoms with Gasteiger partial charge in [-0.15, -0.1) is 0 Å². The van der Waals surface area contributed by atoms with Gasteiger partial charge >= 0.3 is 0 Å². The Morgan fingerprint density at radius 3 is 2.76 bits per heavy atom. The van der Waals surface area contributed by atoms with Gasteiger partial charge in [0, 0.05) is 18.3 Å². The molecule has 4 nitrogen and oxygen atoms in total. The van der Waals surface area contributed by atoms with E-state index in [-0.39, 0.29) is 16.4 Å². The Morgan fingerprint density at radius 1 is 1.29 bits per heavy atom. The minimum Gasteiger partial charge on any atom is -0.396 e. The zero-order chi connectivity index (χ0) is 15.1. The van der Waals surface area contributed by atoms with Crippen molar-refractivity contribution in [2.75, 3.05) is 5.73 Å². The molecule has 0 radical (unpaired) electrons. The van der Waals surface area contributed by atoms with Crippen molar-refractivity contribution in [1.29, 1.82) is 0 Å². The van der Waals surface area contributed by atoms with Crippen LogP contribution in [0.25, 0.3) is 5.52 Å². The van der Waals surface area contributed by atoms with Gasteiger partial charge in [0.15, 0.2) is 0 Å². The Hall–Kier alpha value is -1.98. The van der Waals surface area contributed by atoms with E-state index in [0.29, 0.717) is 22.7 Å². The topological polar surface area (TPSA) is 63.3 Å². The van der Waals surface area contributed by atoms with Gasteiger partial charge in [-0.2, -0.15) is 0 Å². The van der Waals surface area contributed by atoms with Gasteiger partial charge in [0.05, 0.1) is 10.7 Å². The van der Waals surface area contributed by atoms with Gasteiger partial charge in [-0.1, -0.05) is 29.3 Å². The molecule has 0 atom stereocenters. The highest BCUT2D eigenvalue weighted by Crippen LogP contribution is 2.27. The number of halogens is 3. The van der Waals surface area contributed by atoms with Gasteiger partial charge < -0.3 is 10.7 Å². The maximum Gasteiger partial charge on any atom is 0.272 e. The van der Waals surface area contributed by atoms with Crippen LogP contribution in [0, 0.1) is 5.82 Å². The van der Waals surface area contributed by atoms with Gasteiger partial charge in [0.2, 0.25) is 0 Å². The van der Waals surface area contributed by atoms with Crippen LogP contribution in [-0.4, -0.2) is 9.38 Å². The summed E-state index contributed by atoms with van der Waals surface area (Å²) in [5.74, 6) is -0.465. The van der Waals surface area contributed by atoms with Gasteiger partial charge in [-0.05, 0) is 23.8 Å². The number of H-pyrrole nitrogens is 1. The van der Waals surface area contributed by atoms with Crippen molar-refractivity contribution in [3.8, 4) is 0 Å². The number of nitrogens with one attached hydrogen (secondary N) is 1. The van der Waals surface area contributed by atoms with E-state index in [1.807, 2.05) is 0 Å². The fraction of sp³-hybridized carbons (Fsp3) is 0.0714. The van der Waals surface area contributed by atoms with Crippen LogP contribution in [0.1, 0.15) is 11.3 Å². The standard InChI is InChI=1S/C14H10Cl2FN3O/c15-9-5-12-14(21)19-6-8(20(12)13(9)16)3-7-1-2-10(17)11(18)4-7/h1-2,4-6H,3,18H2,(H,19,21). The summed E-state index contributed by atoms with van der Waals surface area (Å²) in [5.41, 5.74) is 7.21. The van der Waals surface area contributed by atoms with E-state index in [1.54, 1.807) is 22.7 Å². The summed E-state index contributed by atoms with van der Waals surface area (Å²) in [6, 6.07) is 5.98. The molecule has 2 aromatic heterocycles. The molecule has 0 aliphatic carbocycles. The molecule has 21 heavy (non-hydrogen) atoms.